The monoisotopic (exact) mass is 187 g/mol. The summed E-state index contributed by atoms with van der Waals surface area (Å²) in [4.78, 5) is 0. The van der Waals surface area contributed by atoms with Crippen LogP contribution >= 0.6 is 0 Å². The summed E-state index contributed by atoms with van der Waals surface area (Å²) >= 11 is 0. The van der Waals surface area contributed by atoms with E-state index in [2.05, 4.69) is 0 Å². The molecule has 0 unspecified atom stereocenters. The van der Waals surface area contributed by atoms with E-state index in [-0.39, 0.29) is 0 Å². The third-order valence-electron chi connectivity index (χ3n) is 2.21. The summed E-state index contributed by atoms with van der Waals surface area (Å²) in [5.74, 6) is 0. The molecular formula is C10H10BNO2. The first-order chi connectivity index (χ1) is 6.68. The van der Waals surface area contributed by atoms with Crippen molar-refractivity contribution in [3.8, 4) is 0 Å². The minimum absolute atomic E-state index is 0.418. The van der Waals surface area contributed by atoms with Crippen molar-refractivity contribution in [2.45, 2.75) is 0 Å². The molecule has 4 heteroatoms. The van der Waals surface area contributed by atoms with Crippen LogP contribution in [0, 0.1) is 0 Å². The van der Waals surface area contributed by atoms with Gasteiger partial charge in [-0.3, -0.25) is 0 Å². The zero-order chi connectivity index (χ0) is 10.1. The van der Waals surface area contributed by atoms with Gasteiger partial charge in [0, 0.05) is 11.1 Å². The molecular weight excluding hydrogens is 177 g/mol. The number of hydrogen-bond donors (Lipinski definition) is 3. The second kappa shape index (κ2) is 3.33. The Morgan fingerprint density at radius 1 is 1.07 bits per heavy atom. The number of nitrogen functional groups attached to an aromatic ring is 1. The SMILES string of the molecule is Nc1cc(B(O)O)cc2ccccc12. The Balaban J connectivity index is 2.72. The van der Waals surface area contributed by atoms with Crippen LogP contribution in [-0.2, 0) is 0 Å². The van der Waals surface area contributed by atoms with Gasteiger partial charge in [0.25, 0.3) is 0 Å². The van der Waals surface area contributed by atoms with E-state index in [4.69, 9.17) is 15.8 Å². The number of hydrogen-bond acceptors (Lipinski definition) is 3. The van der Waals surface area contributed by atoms with Crippen molar-refractivity contribution in [1.29, 1.82) is 0 Å². The van der Waals surface area contributed by atoms with Crippen LogP contribution in [0.2, 0.25) is 0 Å². The number of fused-ring (bicyclic) bond motifs is 1. The normalized spacial score (nSPS) is 10.4. The van der Waals surface area contributed by atoms with Gasteiger partial charge >= 0.3 is 7.12 Å². The molecule has 70 valence electrons. The Hall–Kier alpha value is -1.52. The summed E-state index contributed by atoms with van der Waals surface area (Å²) in [6, 6.07) is 10.9. The van der Waals surface area contributed by atoms with Crippen molar-refractivity contribution in [2.75, 3.05) is 5.73 Å². The first kappa shape index (κ1) is 9.06. The average Bonchev–Trinajstić information content (AvgIpc) is 2.17. The summed E-state index contributed by atoms with van der Waals surface area (Å²) in [6.45, 7) is 0. The molecule has 0 amide bonds. The van der Waals surface area contributed by atoms with Crippen LogP contribution in [0.15, 0.2) is 36.4 Å². The smallest absolute Gasteiger partial charge is 0.423 e. The van der Waals surface area contributed by atoms with Crippen LogP contribution in [0.5, 0.6) is 0 Å². The fourth-order valence-electron chi connectivity index (χ4n) is 1.51. The fourth-order valence-corrected chi connectivity index (χ4v) is 1.51. The Kier molecular flexibility index (Phi) is 2.15. The molecule has 0 fully saturated rings. The van der Waals surface area contributed by atoms with Gasteiger partial charge in [-0.15, -0.1) is 0 Å². The van der Waals surface area contributed by atoms with Crippen LogP contribution in [0.25, 0.3) is 10.8 Å². The molecule has 0 aliphatic carbocycles. The fraction of sp³-hybridized carbons (Fsp3) is 0. The van der Waals surface area contributed by atoms with Gasteiger partial charge in [0.2, 0.25) is 0 Å². The summed E-state index contributed by atoms with van der Waals surface area (Å²) in [5, 5.41) is 19.9. The summed E-state index contributed by atoms with van der Waals surface area (Å²) < 4.78 is 0. The quantitative estimate of drug-likeness (QED) is 0.438. The average molecular weight is 187 g/mol. The molecule has 0 spiro atoms. The molecule has 0 aromatic heterocycles. The van der Waals surface area contributed by atoms with Gasteiger partial charge in [0.15, 0.2) is 0 Å². The number of rotatable bonds is 1. The predicted octanol–water partition coefficient (Wildman–Crippen LogP) is 0.102. The Labute approximate surface area is 81.9 Å². The van der Waals surface area contributed by atoms with Gasteiger partial charge < -0.3 is 15.8 Å². The van der Waals surface area contributed by atoms with E-state index in [0.717, 1.165) is 10.8 Å². The highest BCUT2D eigenvalue weighted by molar-refractivity contribution is 6.59. The van der Waals surface area contributed by atoms with Gasteiger partial charge in [0.1, 0.15) is 0 Å². The minimum Gasteiger partial charge on any atom is -0.423 e. The van der Waals surface area contributed by atoms with Crippen LogP contribution in [0.4, 0.5) is 5.69 Å². The van der Waals surface area contributed by atoms with Gasteiger partial charge in [-0.2, -0.15) is 0 Å². The van der Waals surface area contributed by atoms with Gasteiger partial charge in [0.05, 0.1) is 0 Å². The summed E-state index contributed by atoms with van der Waals surface area (Å²) in [5.41, 5.74) is 6.75. The highest BCUT2D eigenvalue weighted by atomic mass is 16.4. The van der Waals surface area contributed by atoms with E-state index in [1.54, 1.807) is 12.1 Å². The third-order valence-corrected chi connectivity index (χ3v) is 2.21. The second-order valence-electron chi connectivity index (χ2n) is 3.20. The maximum Gasteiger partial charge on any atom is 0.488 e. The molecule has 4 N–H and O–H groups in total. The zero-order valence-corrected chi connectivity index (χ0v) is 7.51. The molecule has 0 bridgehead atoms. The molecule has 0 heterocycles. The van der Waals surface area contributed by atoms with Crippen molar-refractivity contribution >= 4 is 29.0 Å². The van der Waals surface area contributed by atoms with E-state index >= 15 is 0 Å². The molecule has 2 aromatic carbocycles. The van der Waals surface area contributed by atoms with Crippen molar-refractivity contribution < 1.29 is 10.0 Å². The predicted molar refractivity (Wildman–Crippen MR) is 58.2 cm³/mol. The molecule has 0 saturated heterocycles. The van der Waals surface area contributed by atoms with Crippen molar-refractivity contribution in [1.82, 2.24) is 0 Å². The van der Waals surface area contributed by atoms with Crippen LogP contribution < -0.4 is 11.2 Å². The maximum atomic E-state index is 9.01. The molecule has 2 aromatic rings. The van der Waals surface area contributed by atoms with Crippen molar-refractivity contribution in [3.05, 3.63) is 36.4 Å². The van der Waals surface area contributed by atoms with E-state index in [1.807, 2.05) is 24.3 Å². The molecule has 0 aliphatic rings. The molecule has 2 rings (SSSR count). The van der Waals surface area contributed by atoms with Crippen LogP contribution in [0.3, 0.4) is 0 Å². The molecule has 0 saturated carbocycles. The topological polar surface area (TPSA) is 66.5 Å². The summed E-state index contributed by atoms with van der Waals surface area (Å²) in [6.07, 6.45) is 0. The Morgan fingerprint density at radius 3 is 2.50 bits per heavy atom. The molecule has 0 atom stereocenters. The molecule has 14 heavy (non-hydrogen) atoms. The Bertz CT molecular complexity index is 471. The van der Waals surface area contributed by atoms with Gasteiger partial charge in [-0.25, -0.2) is 0 Å². The lowest BCUT2D eigenvalue weighted by molar-refractivity contribution is 0.426. The standard InChI is InChI=1S/C10H10BNO2/c12-10-6-8(11(13)14)5-7-3-1-2-4-9(7)10/h1-6,13-14H,12H2. The minimum atomic E-state index is -1.47. The lowest BCUT2D eigenvalue weighted by Crippen LogP contribution is -2.29. The highest BCUT2D eigenvalue weighted by Crippen LogP contribution is 2.18. The van der Waals surface area contributed by atoms with Crippen molar-refractivity contribution in [3.63, 3.8) is 0 Å². The van der Waals surface area contributed by atoms with E-state index in [9.17, 15) is 0 Å². The first-order valence-electron chi connectivity index (χ1n) is 4.33. The van der Waals surface area contributed by atoms with Gasteiger partial charge in [-0.05, 0) is 16.9 Å². The lowest BCUT2D eigenvalue weighted by Gasteiger charge is -2.05. The Morgan fingerprint density at radius 2 is 1.79 bits per heavy atom. The number of benzene rings is 2. The third kappa shape index (κ3) is 1.45. The maximum absolute atomic E-state index is 9.01. The summed E-state index contributed by atoms with van der Waals surface area (Å²) in [7, 11) is -1.47. The van der Waals surface area contributed by atoms with E-state index in [0.29, 0.717) is 11.2 Å². The zero-order valence-electron chi connectivity index (χ0n) is 7.51. The van der Waals surface area contributed by atoms with E-state index in [1.165, 1.54) is 0 Å². The second-order valence-corrected chi connectivity index (χ2v) is 3.20. The molecule has 0 aliphatic heterocycles. The van der Waals surface area contributed by atoms with Crippen LogP contribution in [0.1, 0.15) is 0 Å². The lowest BCUT2D eigenvalue weighted by atomic mass is 9.79. The first-order valence-corrected chi connectivity index (χ1v) is 4.33. The highest BCUT2D eigenvalue weighted by Gasteiger charge is 2.12. The van der Waals surface area contributed by atoms with Gasteiger partial charge in [-0.1, -0.05) is 30.3 Å². The number of anilines is 1. The van der Waals surface area contributed by atoms with E-state index < -0.39 is 7.12 Å². The molecule has 3 nitrogen and oxygen atoms in total. The largest absolute Gasteiger partial charge is 0.488 e. The number of nitrogens with two attached hydrogens (primary N) is 1. The van der Waals surface area contributed by atoms with Crippen molar-refractivity contribution in [2.24, 2.45) is 0 Å². The van der Waals surface area contributed by atoms with Crippen LogP contribution in [-0.4, -0.2) is 17.2 Å². The molecule has 0 radical (unpaired) electrons.